The van der Waals surface area contributed by atoms with Gasteiger partial charge in [0.2, 0.25) is 5.91 Å². The van der Waals surface area contributed by atoms with E-state index in [0.29, 0.717) is 6.42 Å². The minimum atomic E-state index is -0.114. The highest BCUT2D eigenvalue weighted by atomic mass is 16.1. The normalized spacial score (nSPS) is 12.0. The maximum Gasteiger partial charge on any atom is 0.225 e. The van der Waals surface area contributed by atoms with Crippen molar-refractivity contribution < 1.29 is 4.79 Å². The Morgan fingerprint density at radius 1 is 1.50 bits per heavy atom. The molecule has 0 aliphatic heterocycles. The fourth-order valence-electron chi connectivity index (χ4n) is 1.37. The van der Waals surface area contributed by atoms with E-state index in [1.807, 2.05) is 50.2 Å². The molecule has 0 radical (unpaired) electrons. The zero-order valence-corrected chi connectivity index (χ0v) is 10.0. The summed E-state index contributed by atoms with van der Waals surface area (Å²) in [7, 11) is 3.92. The van der Waals surface area contributed by atoms with Crippen LogP contribution in [0.15, 0.2) is 24.3 Å². The molecular formula is C12H19N3O. The molecule has 0 heterocycles. The number of amides is 1. The van der Waals surface area contributed by atoms with Crippen LogP contribution in [0.3, 0.4) is 0 Å². The Bertz CT molecular complexity index is 361. The zero-order valence-electron chi connectivity index (χ0n) is 10.0. The summed E-state index contributed by atoms with van der Waals surface area (Å²) in [6.45, 7) is 1.82. The molecule has 0 aromatic heterocycles. The zero-order chi connectivity index (χ0) is 12.1. The second-order valence-corrected chi connectivity index (χ2v) is 4.17. The largest absolute Gasteiger partial charge is 0.378 e. The lowest BCUT2D eigenvalue weighted by Gasteiger charge is -2.14. The van der Waals surface area contributed by atoms with Crippen molar-refractivity contribution in [2.75, 3.05) is 24.3 Å². The van der Waals surface area contributed by atoms with Crippen LogP contribution in [0.1, 0.15) is 13.3 Å². The summed E-state index contributed by atoms with van der Waals surface area (Å²) < 4.78 is 0. The van der Waals surface area contributed by atoms with Gasteiger partial charge in [-0.15, -0.1) is 0 Å². The number of carbonyl (C=O) groups excluding carboxylic acids is 1. The standard InChI is InChI=1S/C12H19N3O/c1-9(13)7-12(16)14-10-5-4-6-11(8-10)15(2)3/h4-6,8-9H,7,13H2,1-3H3,(H,14,16). The molecule has 1 amide bonds. The van der Waals surface area contributed by atoms with Crippen LogP contribution in [0.4, 0.5) is 11.4 Å². The van der Waals surface area contributed by atoms with E-state index in [2.05, 4.69) is 5.32 Å². The van der Waals surface area contributed by atoms with Crippen molar-refractivity contribution in [3.8, 4) is 0 Å². The van der Waals surface area contributed by atoms with E-state index in [1.54, 1.807) is 0 Å². The molecule has 1 rings (SSSR count). The first-order chi connectivity index (χ1) is 7.49. The van der Waals surface area contributed by atoms with Crippen LogP contribution in [0.25, 0.3) is 0 Å². The topological polar surface area (TPSA) is 58.4 Å². The van der Waals surface area contributed by atoms with Gasteiger partial charge in [-0.3, -0.25) is 4.79 Å². The highest BCUT2D eigenvalue weighted by Crippen LogP contribution is 2.17. The van der Waals surface area contributed by atoms with E-state index < -0.39 is 0 Å². The second kappa shape index (κ2) is 5.51. The lowest BCUT2D eigenvalue weighted by molar-refractivity contribution is -0.116. The third-order valence-electron chi connectivity index (χ3n) is 2.15. The summed E-state index contributed by atoms with van der Waals surface area (Å²) in [5, 5.41) is 2.82. The molecule has 3 N–H and O–H groups in total. The summed E-state index contributed by atoms with van der Waals surface area (Å²) >= 11 is 0. The van der Waals surface area contributed by atoms with Gasteiger partial charge in [-0.2, -0.15) is 0 Å². The Hall–Kier alpha value is -1.55. The van der Waals surface area contributed by atoms with Crippen molar-refractivity contribution in [2.24, 2.45) is 5.73 Å². The number of hydrogen-bond donors (Lipinski definition) is 2. The average Bonchev–Trinajstić information content (AvgIpc) is 2.16. The fourth-order valence-corrected chi connectivity index (χ4v) is 1.37. The highest BCUT2D eigenvalue weighted by Gasteiger charge is 2.05. The molecular weight excluding hydrogens is 202 g/mol. The SMILES string of the molecule is CC(N)CC(=O)Nc1cccc(N(C)C)c1. The van der Waals surface area contributed by atoms with Gasteiger partial charge in [0.15, 0.2) is 0 Å². The molecule has 0 fully saturated rings. The quantitative estimate of drug-likeness (QED) is 0.808. The first-order valence-electron chi connectivity index (χ1n) is 5.32. The predicted octanol–water partition coefficient (Wildman–Crippen LogP) is 1.43. The number of hydrogen-bond acceptors (Lipinski definition) is 3. The Balaban J connectivity index is 2.67. The van der Waals surface area contributed by atoms with Crippen LogP contribution >= 0.6 is 0 Å². The molecule has 4 nitrogen and oxygen atoms in total. The molecule has 1 aromatic carbocycles. The summed E-state index contributed by atoms with van der Waals surface area (Å²) in [5.74, 6) is -0.0501. The molecule has 0 saturated heterocycles. The summed E-state index contributed by atoms with van der Waals surface area (Å²) in [6.07, 6.45) is 0.339. The maximum atomic E-state index is 11.5. The predicted molar refractivity (Wildman–Crippen MR) is 67.7 cm³/mol. The van der Waals surface area contributed by atoms with Crippen LogP contribution in [-0.4, -0.2) is 26.0 Å². The van der Waals surface area contributed by atoms with Crippen molar-refractivity contribution in [2.45, 2.75) is 19.4 Å². The lowest BCUT2D eigenvalue weighted by Crippen LogP contribution is -2.24. The molecule has 1 aromatic rings. The Morgan fingerprint density at radius 3 is 2.75 bits per heavy atom. The first kappa shape index (κ1) is 12.5. The smallest absolute Gasteiger partial charge is 0.225 e. The van der Waals surface area contributed by atoms with Crippen molar-refractivity contribution >= 4 is 17.3 Å². The lowest BCUT2D eigenvalue weighted by atomic mass is 10.2. The fraction of sp³-hybridized carbons (Fsp3) is 0.417. The molecule has 0 spiro atoms. The summed E-state index contributed by atoms with van der Waals surface area (Å²) in [5.41, 5.74) is 7.41. The average molecular weight is 221 g/mol. The highest BCUT2D eigenvalue weighted by molar-refractivity contribution is 5.91. The molecule has 1 atom stereocenters. The van der Waals surface area contributed by atoms with Gasteiger partial charge in [0.25, 0.3) is 0 Å². The molecule has 0 aliphatic carbocycles. The van der Waals surface area contributed by atoms with Crippen LogP contribution < -0.4 is 16.0 Å². The number of rotatable bonds is 4. The Morgan fingerprint density at radius 2 is 2.19 bits per heavy atom. The molecule has 0 saturated carbocycles. The second-order valence-electron chi connectivity index (χ2n) is 4.17. The van der Waals surface area contributed by atoms with Crippen molar-refractivity contribution in [3.63, 3.8) is 0 Å². The number of benzene rings is 1. The number of anilines is 2. The molecule has 0 aliphatic rings. The Labute approximate surface area is 96.4 Å². The van der Waals surface area contributed by atoms with Gasteiger partial charge < -0.3 is 16.0 Å². The third-order valence-corrected chi connectivity index (χ3v) is 2.15. The van der Waals surface area contributed by atoms with Crippen LogP contribution in [0.5, 0.6) is 0 Å². The Kier molecular flexibility index (Phi) is 4.31. The van der Waals surface area contributed by atoms with E-state index in [-0.39, 0.29) is 11.9 Å². The minimum absolute atomic E-state index is 0.0501. The van der Waals surface area contributed by atoms with Gasteiger partial charge in [0.1, 0.15) is 0 Å². The number of nitrogens with zero attached hydrogens (tertiary/aromatic N) is 1. The maximum absolute atomic E-state index is 11.5. The van der Waals surface area contributed by atoms with Gasteiger partial charge in [0, 0.05) is 37.9 Å². The van der Waals surface area contributed by atoms with Crippen LogP contribution in [0.2, 0.25) is 0 Å². The number of nitrogens with two attached hydrogens (primary N) is 1. The van der Waals surface area contributed by atoms with E-state index in [9.17, 15) is 4.79 Å². The minimum Gasteiger partial charge on any atom is -0.378 e. The van der Waals surface area contributed by atoms with Gasteiger partial charge in [0.05, 0.1) is 0 Å². The van der Waals surface area contributed by atoms with E-state index in [1.165, 1.54) is 0 Å². The number of nitrogens with one attached hydrogen (secondary N) is 1. The van der Waals surface area contributed by atoms with Crippen molar-refractivity contribution in [1.82, 2.24) is 0 Å². The summed E-state index contributed by atoms with van der Waals surface area (Å²) in [6, 6.07) is 7.58. The summed E-state index contributed by atoms with van der Waals surface area (Å²) in [4.78, 5) is 13.5. The molecule has 88 valence electrons. The number of carbonyl (C=O) groups is 1. The van der Waals surface area contributed by atoms with Crippen molar-refractivity contribution in [1.29, 1.82) is 0 Å². The third kappa shape index (κ3) is 3.90. The van der Waals surface area contributed by atoms with E-state index >= 15 is 0 Å². The van der Waals surface area contributed by atoms with Gasteiger partial charge in [-0.05, 0) is 25.1 Å². The molecule has 16 heavy (non-hydrogen) atoms. The van der Waals surface area contributed by atoms with Crippen LogP contribution in [-0.2, 0) is 4.79 Å². The molecule has 1 unspecified atom stereocenters. The molecule has 0 bridgehead atoms. The van der Waals surface area contributed by atoms with Crippen molar-refractivity contribution in [3.05, 3.63) is 24.3 Å². The van der Waals surface area contributed by atoms with Gasteiger partial charge in [-0.1, -0.05) is 6.07 Å². The molecule has 4 heteroatoms. The van der Waals surface area contributed by atoms with Gasteiger partial charge >= 0.3 is 0 Å². The van der Waals surface area contributed by atoms with E-state index in [0.717, 1.165) is 11.4 Å². The van der Waals surface area contributed by atoms with E-state index in [4.69, 9.17) is 5.73 Å². The monoisotopic (exact) mass is 221 g/mol. The van der Waals surface area contributed by atoms with Gasteiger partial charge in [-0.25, -0.2) is 0 Å². The van der Waals surface area contributed by atoms with Crippen LogP contribution in [0, 0.1) is 0 Å². The first-order valence-corrected chi connectivity index (χ1v) is 5.32.